The normalized spacial score (nSPS) is 12.9. The van der Waals surface area contributed by atoms with Gasteiger partial charge in [-0.3, -0.25) is 4.79 Å². The summed E-state index contributed by atoms with van der Waals surface area (Å²) in [5.74, 6) is 0.185. The number of nitrogens with two attached hydrogens (primary N) is 1. The van der Waals surface area contributed by atoms with E-state index in [1.807, 2.05) is 6.92 Å². The summed E-state index contributed by atoms with van der Waals surface area (Å²) in [6.45, 7) is 10.5. The van der Waals surface area contributed by atoms with Crippen LogP contribution in [0.1, 0.15) is 27.2 Å². The van der Waals surface area contributed by atoms with Crippen molar-refractivity contribution in [1.82, 2.24) is 5.32 Å². The second-order valence-corrected chi connectivity index (χ2v) is 3.92. The first-order valence-corrected chi connectivity index (χ1v) is 4.60. The lowest BCUT2D eigenvalue weighted by Gasteiger charge is -2.17. The molecule has 0 aromatic heterocycles. The molecular formula is C10H20N2O. The fourth-order valence-corrected chi connectivity index (χ4v) is 1.07. The summed E-state index contributed by atoms with van der Waals surface area (Å²) in [7, 11) is 0. The van der Waals surface area contributed by atoms with E-state index >= 15 is 0 Å². The summed E-state index contributed by atoms with van der Waals surface area (Å²) >= 11 is 0. The lowest BCUT2D eigenvalue weighted by Crippen LogP contribution is -2.42. The molecular weight excluding hydrogens is 164 g/mol. The van der Waals surface area contributed by atoms with Crippen LogP contribution in [0.2, 0.25) is 0 Å². The Labute approximate surface area is 80.4 Å². The largest absolute Gasteiger partial charge is 0.368 e. The summed E-state index contributed by atoms with van der Waals surface area (Å²) in [4.78, 5) is 11.0. The standard InChI is InChI=1S/C10H20N2O/c1-7(2)5-9(10(11)13)12-6-8(3)4/h7,9,12H,3,5-6H2,1-2,4H3,(H2,11,13). The minimum absolute atomic E-state index is 0.225. The van der Waals surface area contributed by atoms with E-state index in [-0.39, 0.29) is 11.9 Å². The molecule has 13 heavy (non-hydrogen) atoms. The number of nitrogens with one attached hydrogen (secondary N) is 1. The molecule has 0 bridgehead atoms. The summed E-state index contributed by atoms with van der Waals surface area (Å²) in [6.07, 6.45) is 0.780. The lowest BCUT2D eigenvalue weighted by atomic mass is 10.0. The van der Waals surface area contributed by atoms with Crippen molar-refractivity contribution < 1.29 is 4.79 Å². The Morgan fingerprint density at radius 2 is 2.08 bits per heavy atom. The zero-order valence-electron chi connectivity index (χ0n) is 8.76. The molecule has 1 atom stereocenters. The third kappa shape index (κ3) is 6.34. The van der Waals surface area contributed by atoms with Crippen LogP contribution in [0.3, 0.4) is 0 Å². The molecule has 0 aliphatic heterocycles. The highest BCUT2D eigenvalue weighted by atomic mass is 16.1. The minimum Gasteiger partial charge on any atom is -0.368 e. The summed E-state index contributed by atoms with van der Waals surface area (Å²) in [6, 6.07) is -0.225. The molecule has 0 radical (unpaired) electrons. The van der Waals surface area contributed by atoms with E-state index < -0.39 is 0 Å². The van der Waals surface area contributed by atoms with Crippen molar-refractivity contribution >= 4 is 5.91 Å². The highest BCUT2D eigenvalue weighted by Gasteiger charge is 2.15. The molecule has 0 heterocycles. The van der Waals surface area contributed by atoms with Gasteiger partial charge in [0.15, 0.2) is 0 Å². The number of rotatable bonds is 6. The Bertz CT molecular complexity index is 187. The number of carbonyl (C=O) groups is 1. The first-order chi connectivity index (χ1) is 5.93. The number of primary amides is 1. The molecule has 3 nitrogen and oxygen atoms in total. The monoisotopic (exact) mass is 184 g/mol. The Balaban J connectivity index is 3.95. The van der Waals surface area contributed by atoms with E-state index in [9.17, 15) is 4.79 Å². The molecule has 0 saturated heterocycles. The minimum atomic E-state index is -0.282. The summed E-state index contributed by atoms with van der Waals surface area (Å²) in [5.41, 5.74) is 6.25. The van der Waals surface area contributed by atoms with Gasteiger partial charge in [0.1, 0.15) is 0 Å². The van der Waals surface area contributed by atoms with Gasteiger partial charge in [0.2, 0.25) is 5.91 Å². The molecule has 3 N–H and O–H groups in total. The second-order valence-electron chi connectivity index (χ2n) is 3.92. The van der Waals surface area contributed by atoms with Crippen LogP contribution in [-0.2, 0) is 4.79 Å². The molecule has 0 aliphatic rings. The van der Waals surface area contributed by atoms with Crippen LogP contribution in [0, 0.1) is 5.92 Å². The van der Waals surface area contributed by atoms with Crippen LogP contribution in [-0.4, -0.2) is 18.5 Å². The summed E-state index contributed by atoms with van der Waals surface area (Å²) in [5, 5.41) is 3.08. The van der Waals surface area contributed by atoms with Gasteiger partial charge in [-0.25, -0.2) is 0 Å². The second kappa shape index (κ2) is 5.75. The van der Waals surface area contributed by atoms with E-state index in [1.54, 1.807) is 0 Å². The van der Waals surface area contributed by atoms with Crippen molar-refractivity contribution in [2.24, 2.45) is 11.7 Å². The molecule has 0 aromatic rings. The van der Waals surface area contributed by atoms with E-state index in [0.717, 1.165) is 12.0 Å². The van der Waals surface area contributed by atoms with Crippen molar-refractivity contribution in [1.29, 1.82) is 0 Å². The fourth-order valence-electron chi connectivity index (χ4n) is 1.07. The summed E-state index contributed by atoms with van der Waals surface area (Å²) < 4.78 is 0. The van der Waals surface area contributed by atoms with Crippen molar-refractivity contribution in [3.63, 3.8) is 0 Å². The van der Waals surface area contributed by atoms with E-state index in [2.05, 4.69) is 25.7 Å². The maximum absolute atomic E-state index is 11.0. The van der Waals surface area contributed by atoms with Crippen molar-refractivity contribution in [2.45, 2.75) is 33.2 Å². The molecule has 0 aromatic carbocycles. The Hall–Kier alpha value is -0.830. The molecule has 76 valence electrons. The molecule has 0 spiro atoms. The molecule has 0 rings (SSSR count). The van der Waals surface area contributed by atoms with Gasteiger partial charge in [0.05, 0.1) is 6.04 Å². The average molecular weight is 184 g/mol. The maximum Gasteiger partial charge on any atom is 0.234 e. The third-order valence-corrected chi connectivity index (χ3v) is 1.70. The van der Waals surface area contributed by atoms with Crippen LogP contribution in [0.4, 0.5) is 0 Å². The number of hydrogen-bond acceptors (Lipinski definition) is 2. The first kappa shape index (κ1) is 12.2. The molecule has 3 heteroatoms. The zero-order chi connectivity index (χ0) is 10.4. The zero-order valence-corrected chi connectivity index (χ0v) is 8.76. The van der Waals surface area contributed by atoms with E-state index in [4.69, 9.17) is 5.73 Å². The quantitative estimate of drug-likeness (QED) is 0.606. The van der Waals surface area contributed by atoms with Gasteiger partial charge in [-0.05, 0) is 19.3 Å². The number of carbonyl (C=O) groups excluding carboxylic acids is 1. The third-order valence-electron chi connectivity index (χ3n) is 1.70. The van der Waals surface area contributed by atoms with Gasteiger partial charge in [-0.2, -0.15) is 0 Å². The van der Waals surface area contributed by atoms with Crippen LogP contribution < -0.4 is 11.1 Å². The number of hydrogen-bond donors (Lipinski definition) is 2. The van der Waals surface area contributed by atoms with Crippen LogP contribution in [0.25, 0.3) is 0 Å². The Morgan fingerprint density at radius 1 is 1.54 bits per heavy atom. The SMILES string of the molecule is C=C(C)CNC(CC(C)C)C(N)=O. The van der Waals surface area contributed by atoms with Crippen LogP contribution >= 0.6 is 0 Å². The number of amides is 1. The van der Waals surface area contributed by atoms with Crippen LogP contribution in [0.5, 0.6) is 0 Å². The van der Waals surface area contributed by atoms with E-state index in [0.29, 0.717) is 12.5 Å². The van der Waals surface area contributed by atoms with Crippen molar-refractivity contribution in [3.8, 4) is 0 Å². The Kier molecular flexibility index (Phi) is 5.39. The smallest absolute Gasteiger partial charge is 0.234 e. The molecule has 1 unspecified atom stereocenters. The first-order valence-electron chi connectivity index (χ1n) is 4.60. The average Bonchev–Trinajstić information content (AvgIpc) is 1.96. The molecule has 1 amide bonds. The predicted molar refractivity (Wildman–Crippen MR) is 55.3 cm³/mol. The molecule has 0 fully saturated rings. The topological polar surface area (TPSA) is 55.1 Å². The van der Waals surface area contributed by atoms with E-state index in [1.165, 1.54) is 0 Å². The van der Waals surface area contributed by atoms with Gasteiger partial charge in [-0.15, -0.1) is 0 Å². The highest BCUT2D eigenvalue weighted by Crippen LogP contribution is 2.04. The van der Waals surface area contributed by atoms with Crippen molar-refractivity contribution in [2.75, 3.05) is 6.54 Å². The molecule has 0 saturated carbocycles. The fraction of sp³-hybridized carbons (Fsp3) is 0.700. The molecule has 0 aliphatic carbocycles. The van der Waals surface area contributed by atoms with Gasteiger partial charge in [-0.1, -0.05) is 26.0 Å². The van der Waals surface area contributed by atoms with Gasteiger partial charge in [0.25, 0.3) is 0 Å². The highest BCUT2D eigenvalue weighted by molar-refractivity contribution is 5.79. The maximum atomic E-state index is 11.0. The Morgan fingerprint density at radius 3 is 2.38 bits per heavy atom. The predicted octanol–water partition coefficient (Wildman–Crippen LogP) is 1.05. The van der Waals surface area contributed by atoms with Gasteiger partial charge in [0, 0.05) is 6.54 Å². The van der Waals surface area contributed by atoms with Crippen molar-refractivity contribution in [3.05, 3.63) is 12.2 Å². The van der Waals surface area contributed by atoms with Gasteiger partial charge < -0.3 is 11.1 Å². The lowest BCUT2D eigenvalue weighted by molar-refractivity contribution is -0.120. The van der Waals surface area contributed by atoms with Gasteiger partial charge >= 0.3 is 0 Å². The van der Waals surface area contributed by atoms with Crippen LogP contribution in [0.15, 0.2) is 12.2 Å².